The smallest absolute Gasteiger partial charge is 0.156 e. The van der Waals surface area contributed by atoms with Gasteiger partial charge in [0.2, 0.25) is 0 Å². The highest BCUT2D eigenvalue weighted by Gasteiger charge is 2.13. The Hall–Kier alpha value is -0.960. The van der Waals surface area contributed by atoms with E-state index >= 15 is 0 Å². The quantitative estimate of drug-likeness (QED) is 0.729. The maximum atomic E-state index is 5.26. The number of methoxy groups -OCH3 is 2. The highest BCUT2D eigenvalue weighted by Crippen LogP contribution is 2.26. The molecule has 0 bridgehead atoms. The van der Waals surface area contributed by atoms with Crippen LogP contribution in [0.2, 0.25) is 0 Å². The van der Waals surface area contributed by atoms with Gasteiger partial charge in [-0.05, 0) is 32.5 Å². The minimum atomic E-state index is 0.879. The average Bonchev–Trinajstić information content (AvgIpc) is 2.25. The lowest BCUT2D eigenvalue weighted by atomic mass is 10.00. The fourth-order valence-corrected chi connectivity index (χ4v) is 1.59. The molecule has 0 fully saturated rings. The average molecular weight is 197 g/mol. The Labute approximate surface area is 85.8 Å². The SMILES string of the molecule is CNCCC1=CC(OC)=C(OC)CC1. The Morgan fingerprint density at radius 2 is 2.07 bits per heavy atom. The molecular formula is C11H19NO2. The summed E-state index contributed by atoms with van der Waals surface area (Å²) in [4.78, 5) is 0. The summed E-state index contributed by atoms with van der Waals surface area (Å²) in [5, 5.41) is 3.14. The standard InChI is InChI=1S/C11H19NO2/c1-12-7-6-9-4-5-10(13-2)11(8-9)14-3/h8,12H,4-7H2,1-3H3. The van der Waals surface area contributed by atoms with Gasteiger partial charge in [-0.2, -0.15) is 0 Å². The van der Waals surface area contributed by atoms with Gasteiger partial charge in [-0.3, -0.25) is 0 Å². The molecule has 0 saturated carbocycles. The lowest BCUT2D eigenvalue weighted by Gasteiger charge is -2.18. The normalized spacial score (nSPS) is 16.6. The highest BCUT2D eigenvalue weighted by molar-refractivity contribution is 5.26. The topological polar surface area (TPSA) is 30.5 Å². The number of allylic oxidation sites excluding steroid dienone is 2. The third-order valence-corrected chi connectivity index (χ3v) is 2.45. The van der Waals surface area contributed by atoms with E-state index in [1.807, 2.05) is 7.05 Å². The first-order valence-corrected chi connectivity index (χ1v) is 4.97. The summed E-state index contributed by atoms with van der Waals surface area (Å²) in [6.45, 7) is 1.02. The van der Waals surface area contributed by atoms with Crippen molar-refractivity contribution in [2.24, 2.45) is 0 Å². The lowest BCUT2D eigenvalue weighted by molar-refractivity contribution is 0.217. The molecule has 0 spiro atoms. The first kappa shape index (κ1) is 11.1. The molecule has 1 aliphatic carbocycles. The molecule has 0 radical (unpaired) electrons. The van der Waals surface area contributed by atoms with Crippen LogP contribution in [0, 0.1) is 0 Å². The Balaban J connectivity index is 2.64. The summed E-state index contributed by atoms with van der Waals surface area (Å²) < 4.78 is 10.5. The molecule has 3 nitrogen and oxygen atoms in total. The van der Waals surface area contributed by atoms with Gasteiger partial charge >= 0.3 is 0 Å². The van der Waals surface area contributed by atoms with Crippen molar-refractivity contribution in [1.82, 2.24) is 5.32 Å². The van der Waals surface area contributed by atoms with Gasteiger partial charge in [-0.25, -0.2) is 0 Å². The lowest BCUT2D eigenvalue weighted by Crippen LogP contribution is -2.10. The molecule has 1 rings (SSSR count). The van der Waals surface area contributed by atoms with Crippen molar-refractivity contribution in [3.05, 3.63) is 23.2 Å². The maximum Gasteiger partial charge on any atom is 0.156 e. The van der Waals surface area contributed by atoms with Crippen molar-refractivity contribution in [2.75, 3.05) is 27.8 Å². The van der Waals surface area contributed by atoms with Crippen LogP contribution in [-0.2, 0) is 9.47 Å². The summed E-state index contributed by atoms with van der Waals surface area (Å²) in [5.74, 6) is 1.84. The molecule has 0 aromatic rings. The Morgan fingerprint density at radius 1 is 1.29 bits per heavy atom. The predicted molar refractivity (Wildman–Crippen MR) is 56.9 cm³/mol. The summed E-state index contributed by atoms with van der Waals surface area (Å²) in [6.07, 6.45) is 5.22. The minimum Gasteiger partial charge on any atom is -0.497 e. The molecule has 0 aromatic heterocycles. The van der Waals surface area contributed by atoms with E-state index in [0.717, 1.165) is 37.3 Å². The largest absolute Gasteiger partial charge is 0.497 e. The van der Waals surface area contributed by atoms with Crippen LogP contribution in [0.5, 0.6) is 0 Å². The van der Waals surface area contributed by atoms with Gasteiger partial charge in [0, 0.05) is 6.42 Å². The first-order chi connectivity index (χ1) is 6.81. The first-order valence-electron chi connectivity index (χ1n) is 4.97. The zero-order valence-electron chi connectivity index (χ0n) is 9.22. The molecular weight excluding hydrogens is 178 g/mol. The maximum absolute atomic E-state index is 5.26. The molecule has 0 aromatic carbocycles. The van der Waals surface area contributed by atoms with Gasteiger partial charge in [0.1, 0.15) is 5.76 Å². The van der Waals surface area contributed by atoms with Crippen LogP contribution in [0.25, 0.3) is 0 Å². The van der Waals surface area contributed by atoms with Crippen molar-refractivity contribution in [1.29, 1.82) is 0 Å². The molecule has 0 saturated heterocycles. The van der Waals surface area contributed by atoms with Crippen LogP contribution < -0.4 is 5.32 Å². The summed E-state index contributed by atoms with van der Waals surface area (Å²) in [7, 11) is 5.35. The van der Waals surface area contributed by atoms with Crippen LogP contribution in [-0.4, -0.2) is 27.8 Å². The second-order valence-corrected chi connectivity index (χ2v) is 3.35. The molecule has 0 unspecified atom stereocenters. The highest BCUT2D eigenvalue weighted by atomic mass is 16.5. The second-order valence-electron chi connectivity index (χ2n) is 3.35. The van der Waals surface area contributed by atoms with E-state index in [0.29, 0.717) is 0 Å². The van der Waals surface area contributed by atoms with Gasteiger partial charge in [0.15, 0.2) is 5.76 Å². The van der Waals surface area contributed by atoms with E-state index in [9.17, 15) is 0 Å². The zero-order valence-corrected chi connectivity index (χ0v) is 9.22. The van der Waals surface area contributed by atoms with E-state index in [4.69, 9.17) is 9.47 Å². The van der Waals surface area contributed by atoms with Crippen LogP contribution in [0.3, 0.4) is 0 Å². The Kier molecular flexibility index (Phi) is 4.53. The van der Waals surface area contributed by atoms with Crippen LogP contribution >= 0.6 is 0 Å². The van der Waals surface area contributed by atoms with Gasteiger partial charge in [-0.1, -0.05) is 5.57 Å². The molecule has 3 heteroatoms. The second kappa shape index (κ2) is 5.70. The number of nitrogens with one attached hydrogen (secondary N) is 1. The van der Waals surface area contributed by atoms with Gasteiger partial charge in [-0.15, -0.1) is 0 Å². The van der Waals surface area contributed by atoms with Crippen LogP contribution in [0.4, 0.5) is 0 Å². The Morgan fingerprint density at radius 3 is 2.64 bits per heavy atom. The van der Waals surface area contributed by atoms with Gasteiger partial charge < -0.3 is 14.8 Å². The Bertz CT molecular complexity index is 244. The zero-order chi connectivity index (χ0) is 10.4. The van der Waals surface area contributed by atoms with E-state index in [-0.39, 0.29) is 0 Å². The summed E-state index contributed by atoms with van der Waals surface area (Å²) >= 11 is 0. The third-order valence-electron chi connectivity index (χ3n) is 2.45. The van der Waals surface area contributed by atoms with Gasteiger partial charge in [0.25, 0.3) is 0 Å². The van der Waals surface area contributed by atoms with Crippen molar-refractivity contribution in [3.8, 4) is 0 Å². The molecule has 0 amide bonds. The fraction of sp³-hybridized carbons (Fsp3) is 0.636. The summed E-state index contributed by atoms with van der Waals surface area (Å²) in [6, 6.07) is 0. The number of rotatable bonds is 5. The molecule has 80 valence electrons. The van der Waals surface area contributed by atoms with Crippen molar-refractivity contribution in [3.63, 3.8) is 0 Å². The molecule has 1 aliphatic rings. The van der Waals surface area contributed by atoms with E-state index < -0.39 is 0 Å². The molecule has 14 heavy (non-hydrogen) atoms. The molecule has 0 aliphatic heterocycles. The number of hydrogen-bond donors (Lipinski definition) is 1. The molecule has 0 heterocycles. The van der Waals surface area contributed by atoms with E-state index in [1.54, 1.807) is 14.2 Å². The summed E-state index contributed by atoms with van der Waals surface area (Å²) in [5.41, 5.74) is 1.43. The minimum absolute atomic E-state index is 0.879. The van der Waals surface area contributed by atoms with Crippen LogP contribution in [0.15, 0.2) is 23.2 Å². The van der Waals surface area contributed by atoms with Crippen LogP contribution in [0.1, 0.15) is 19.3 Å². The monoisotopic (exact) mass is 197 g/mol. The van der Waals surface area contributed by atoms with Crippen molar-refractivity contribution < 1.29 is 9.47 Å². The fourth-order valence-electron chi connectivity index (χ4n) is 1.59. The third kappa shape index (κ3) is 2.77. The predicted octanol–water partition coefficient (Wildman–Crippen LogP) is 1.82. The molecule has 0 atom stereocenters. The molecule has 1 N–H and O–H groups in total. The van der Waals surface area contributed by atoms with Gasteiger partial charge in [0.05, 0.1) is 14.2 Å². The number of ether oxygens (including phenoxy) is 2. The van der Waals surface area contributed by atoms with Crippen molar-refractivity contribution >= 4 is 0 Å². The van der Waals surface area contributed by atoms with E-state index in [2.05, 4.69) is 11.4 Å². The number of hydrogen-bond acceptors (Lipinski definition) is 3. The van der Waals surface area contributed by atoms with Crippen molar-refractivity contribution in [2.45, 2.75) is 19.3 Å². The van der Waals surface area contributed by atoms with E-state index in [1.165, 1.54) is 5.57 Å².